The van der Waals surface area contributed by atoms with Crippen LogP contribution in [0.1, 0.15) is 43.1 Å². The van der Waals surface area contributed by atoms with E-state index in [0.717, 1.165) is 26.0 Å². The molecule has 11 heteroatoms. The molecule has 7 nitrogen and oxygen atoms in total. The monoisotopic (exact) mass is 507 g/mol. The minimum Gasteiger partial charge on any atom is -0.493 e. The van der Waals surface area contributed by atoms with Gasteiger partial charge in [0.15, 0.2) is 5.01 Å². The number of aliphatic imine (C=N–C) groups is 1. The number of aryl methyl sites for hydroxylation is 1. The van der Waals surface area contributed by atoms with E-state index in [0.29, 0.717) is 47.4 Å². The van der Waals surface area contributed by atoms with Gasteiger partial charge < -0.3 is 14.5 Å². The maximum Gasteiger partial charge on any atom is 0.677 e. The molecule has 0 bridgehead atoms. The van der Waals surface area contributed by atoms with Gasteiger partial charge in [0.25, 0.3) is 0 Å². The average molecular weight is 507 g/mol. The van der Waals surface area contributed by atoms with E-state index >= 15 is 0 Å². The Morgan fingerprint density at radius 3 is 2.86 bits per heavy atom. The SMILES string of the molecule is CC1=CC(C)=N/C1=C\c1ccc(CCC(=O)NCCCOc2ccc3nc(C#N)sc3c2)n1B(F)F. The molecular formula is C25H24BF2N5O2S. The van der Waals surface area contributed by atoms with Gasteiger partial charge in [-0.05, 0) is 74.7 Å². The van der Waals surface area contributed by atoms with Crippen molar-refractivity contribution in [1.29, 1.82) is 5.26 Å². The van der Waals surface area contributed by atoms with Crippen molar-refractivity contribution in [1.82, 2.24) is 14.8 Å². The van der Waals surface area contributed by atoms with Gasteiger partial charge in [0, 0.05) is 30.1 Å². The number of benzene rings is 1. The number of halogens is 2. The molecule has 1 aromatic carbocycles. The first kappa shape index (κ1) is 25.3. The zero-order valence-corrected chi connectivity index (χ0v) is 20.7. The molecule has 0 fully saturated rings. The van der Waals surface area contributed by atoms with Crippen molar-refractivity contribution in [3.05, 3.63) is 64.1 Å². The van der Waals surface area contributed by atoms with Gasteiger partial charge in [-0.15, -0.1) is 11.3 Å². The van der Waals surface area contributed by atoms with Gasteiger partial charge >= 0.3 is 7.40 Å². The van der Waals surface area contributed by atoms with Crippen molar-refractivity contribution in [2.45, 2.75) is 33.1 Å². The van der Waals surface area contributed by atoms with E-state index in [1.54, 1.807) is 30.3 Å². The van der Waals surface area contributed by atoms with Crippen molar-refractivity contribution in [2.75, 3.05) is 13.2 Å². The molecule has 0 atom stereocenters. The van der Waals surface area contributed by atoms with Crippen LogP contribution in [0.4, 0.5) is 8.63 Å². The summed E-state index contributed by atoms with van der Waals surface area (Å²) in [6.45, 7) is 4.57. The Morgan fingerprint density at radius 2 is 2.14 bits per heavy atom. The number of nitrogens with zero attached hydrogens (tertiary/aromatic N) is 4. The van der Waals surface area contributed by atoms with Crippen LogP contribution >= 0.6 is 11.3 Å². The molecule has 4 rings (SSSR count). The topological polar surface area (TPSA) is 92.3 Å². The van der Waals surface area contributed by atoms with E-state index in [4.69, 9.17) is 10.00 Å². The van der Waals surface area contributed by atoms with Gasteiger partial charge in [-0.3, -0.25) is 18.4 Å². The Bertz CT molecular complexity index is 1420. The average Bonchev–Trinajstić information content (AvgIpc) is 3.53. The van der Waals surface area contributed by atoms with Crippen LogP contribution in [0.15, 0.2) is 52.7 Å². The van der Waals surface area contributed by atoms with E-state index in [9.17, 15) is 13.4 Å². The lowest BCUT2D eigenvalue weighted by Gasteiger charge is -2.10. The minimum absolute atomic E-state index is 0.104. The van der Waals surface area contributed by atoms with E-state index in [-0.39, 0.29) is 18.7 Å². The molecule has 3 aromatic rings. The molecule has 1 aliphatic rings. The molecule has 36 heavy (non-hydrogen) atoms. The second-order valence-corrected chi connectivity index (χ2v) is 9.35. The Kier molecular flexibility index (Phi) is 7.95. The first-order valence-corrected chi connectivity index (χ1v) is 12.3. The highest BCUT2D eigenvalue weighted by atomic mass is 32.1. The highest BCUT2D eigenvalue weighted by Crippen LogP contribution is 2.26. The number of fused-ring (bicyclic) bond motifs is 1. The first-order chi connectivity index (χ1) is 17.3. The van der Waals surface area contributed by atoms with Crippen LogP contribution in [0.25, 0.3) is 16.3 Å². The normalized spacial score (nSPS) is 14.0. The van der Waals surface area contributed by atoms with Crippen LogP contribution in [0.5, 0.6) is 5.75 Å². The molecular weight excluding hydrogens is 483 g/mol. The van der Waals surface area contributed by atoms with Crippen molar-refractivity contribution >= 4 is 46.7 Å². The molecule has 0 radical (unpaired) electrons. The minimum atomic E-state index is -2.71. The lowest BCUT2D eigenvalue weighted by molar-refractivity contribution is -0.121. The summed E-state index contributed by atoms with van der Waals surface area (Å²) in [6, 6.07) is 10.7. The van der Waals surface area contributed by atoms with E-state index in [1.807, 2.05) is 32.1 Å². The third-order valence-corrected chi connectivity index (χ3v) is 6.54. The summed E-state index contributed by atoms with van der Waals surface area (Å²) >= 11 is 1.31. The molecule has 2 aromatic heterocycles. The zero-order chi connectivity index (χ0) is 25.7. The second-order valence-electron chi connectivity index (χ2n) is 8.32. The summed E-state index contributed by atoms with van der Waals surface area (Å²) in [4.78, 5) is 20.8. The molecule has 0 saturated heterocycles. The number of carbonyl (C=O) groups excluding carboxylic acids is 1. The third-order valence-electron chi connectivity index (χ3n) is 5.62. The van der Waals surface area contributed by atoms with Gasteiger partial charge in [-0.1, -0.05) is 0 Å². The molecule has 0 spiro atoms. The van der Waals surface area contributed by atoms with Crippen LogP contribution in [-0.4, -0.2) is 41.6 Å². The van der Waals surface area contributed by atoms with Gasteiger partial charge in [0.1, 0.15) is 11.8 Å². The number of ether oxygens (including phenoxy) is 1. The number of amides is 1. The number of aromatic nitrogens is 2. The van der Waals surface area contributed by atoms with Crippen molar-refractivity contribution < 1.29 is 18.2 Å². The van der Waals surface area contributed by atoms with Crippen molar-refractivity contribution in [2.24, 2.45) is 4.99 Å². The molecule has 0 saturated carbocycles. The summed E-state index contributed by atoms with van der Waals surface area (Å²) in [6.07, 6.45) is 4.45. The van der Waals surface area contributed by atoms with Crippen LogP contribution in [-0.2, 0) is 11.2 Å². The predicted octanol–water partition coefficient (Wildman–Crippen LogP) is 5.02. The second kappa shape index (κ2) is 11.3. The molecule has 0 aliphatic carbocycles. The number of carbonyl (C=O) groups is 1. The molecule has 1 N–H and O–H groups in total. The number of nitriles is 1. The number of rotatable bonds is 10. The van der Waals surface area contributed by atoms with Crippen molar-refractivity contribution in [3.8, 4) is 11.8 Å². The lowest BCUT2D eigenvalue weighted by Crippen LogP contribution is -2.26. The summed E-state index contributed by atoms with van der Waals surface area (Å²) in [5.74, 6) is 0.464. The molecule has 1 aliphatic heterocycles. The van der Waals surface area contributed by atoms with Crippen molar-refractivity contribution in [3.63, 3.8) is 0 Å². The van der Waals surface area contributed by atoms with E-state index < -0.39 is 7.40 Å². The molecule has 0 unspecified atom stereocenters. The Labute approximate surface area is 212 Å². The summed E-state index contributed by atoms with van der Waals surface area (Å²) in [5, 5.41) is 12.2. The number of allylic oxidation sites excluding steroid dienone is 2. The molecule has 3 heterocycles. The first-order valence-electron chi connectivity index (χ1n) is 11.5. The van der Waals surface area contributed by atoms with Crippen LogP contribution in [0, 0.1) is 11.3 Å². The third kappa shape index (κ3) is 6.07. The maximum absolute atomic E-state index is 13.8. The predicted molar refractivity (Wildman–Crippen MR) is 138 cm³/mol. The standard InChI is InChI=1S/C25H24BF2N5O2S/c1-16-12-17(2)31-22(16)13-19-5-4-18(33(19)26(27)28)6-9-24(34)30-10-3-11-35-20-7-8-21-23(14-20)36-25(15-29)32-21/h4-5,7-8,12-14H,3,6,9-11H2,1-2H3,(H,30,34)/b22-13-. The highest BCUT2D eigenvalue weighted by molar-refractivity contribution is 7.19. The quantitative estimate of drug-likeness (QED) is 0.308. The van der Waals surface area contributed by atoms with Gasteiger partial charge in [-0.2, -0.15) is 5.26 Å². The Hall–Kier alpha value is -3.78. The molecule has 1 amide bonds. The summed E-state index contributed by atoms with van der Waals surface area (Å²) in [7, 11) is -2.71. The lowest BCUT2D eigenvalue weighted by atomic mass is 10.1. The summed E-state index contributed by atoms with van der Waals surface area (Å²) < 4.78 is 35.1. The number of hydrogen-bond donors (Lipinski definition) is 1. The van der Waals surface area contributed by atoms with E-state index in [2.05, 4.69) is 15.3 Å². The zero-order valence-electron chi connectivity index (χ0n) is 19.9. The number of thiazole rings is 1. The van der Waals surface area contributed by atoms with Crippen LogP contribution < -0.4 is 10.1 Å². The summed E-state index contributed by atoms with van der Waals surface area (Å²) in [5.41, 5.74) is 3.95. The Morgan fingerprint density at radius 1 is 1.31 bits per heavy atom. The Balaban J connectivity index is 1.23. The number of hydrogen-bond acceptors (Lipinski definition) is 6. The van der Waals surface area contributed by atoms with E-state index in [1.165, 1.54) is 11.3 Å². The fourth-order valence-corrected chi connectivity index (χ4v) is 4.71. The largest absolute Gasteiger partial charge is 0.677 e. The van der Waals surface area contributed by atoms with Gasteiger partial charge in [0.2, 0.25) is 5.91 Å². The van der Waals surface area contributed by atoms with Crippen LogP contribution in [0.2, 0.25) is 0 Å². The van der Waals surface area contributed by atoms with Crippen LogP contribution in [0.3, 0.4) is 0 Å². The fourth-order valence-electron chi connectivity index (χ4n) is 3.91. The fraction of sp³-hybridized carbons (Fsp3) is 0.280. The smallest absolute Gasteiger partial charge is 0.493 e. The number of nitrogens with one attached hydrogen (secondary N) is 1. The van der Waals surface area contributed by atoms with Gasteiger partial charge in [-0.25, -0.2) is 4.98 Å². The maximum atomic E-state index is 13.8. The highest BCUT2D eigenvalue weighted by Gasteiger charge is 2.23. The molecule has 184 valence electrons. The van der Waals surface area contributed by atoms with Gasteiger partial charge in [0.05, 0.1) is 22.5 Å².